The molecule has 1 aromatic heterocycles. The van der Waals surface area contributed by atoms with E-state index in [1.807, 2.05) is 17.5 Å². The molecule has 0 fully saturated rings. The van der Waals surface area contributed by atoms with Gasteiger partial charge in [0.15, 0.2) is 0 Å². The van der Waals surface area contributed by atoms with E-state index >= 15 is 0 Å². The Morgan fingerprint density at radius 3 is 2.45 bits per heavy atom. The van der Waals surface area contributed by atoms with Crippen molar-refractivity contribution in [3.05, 3.63) is 22.4 Å². The number of hydrogen-bond donors (Lipinski definition) is 2. The van der Waals surface area contributed by atoms with Crippen molar-refractivity contribution in [2.24, 2.45) is 11.3 Å². The maximum absolute atomic E-state index is 12.2. The van der Waals surface area contributed by atoms with Crippen LogP contribution in [0.25, 0.3) is 0 Å². The minimum atomic E-state index is -0.874. The molecule has 0 unspecified atom stereocenters. The van der Waals surface area contributed by atoms with Crippen LogP contribution in [0, 0.1) is 11.3 Å². The molecule has 5 heteroatoms. The lowest BCUT2D eigenvalue weighted by atomic mass is 9.85. The van der Waals surface area contributed by atoms with Crippen molar-refractivity contribution in [2.45, 2.75) is 46.6 Å². The van der Waals surface area contributed by atoms with Gasteiger partial charge in [0.2, 0.25) is 5.91 Å². The molecule has 0 radical (unpaired) electrons. The summed E-state index contributed by atoms with van der Waals surface area (Å²) in [6.07, 6.45) is 0.208. The molecule has 0 aliphatic heterocycles. The highest BCUT2D eigenvalue weighted by Crippen LogP contribution is 2.28. The third-order valence-corrected chi connectivity index (χ3v) is 4.06. The molecule has 1 heterocycles. The molecule has 1 atom stereocenters. The van der Waals surface area contributed by atoms with Gasteiger partial charge >= 0.3 is 5.97 Å². The molecule has 1 rings (SSSR count). The first kappa shape index (κ1) is 16.7. The summed E-state index contributed by atoms with van der Waals surface area (Å²) in [6, 6.07) is 3.97. The van der Waals surface area contributed by atoms with Crippen molar-refractivity contribution in [1.29, 1.82) is 0 Å². The molecular formula is C15H23NO3S. The lowest BCUT2D eigenvalue weighted by molar-refractivity contribution is -0.139. The van der Waals surface area contributed by atoms with Crippen molar-refractivity contribution < 1.29 is 14.7 Å². The molecule has 4 nitrogen and oxygen atoms in total. The van der Waals surface area contributed by atoms with Gasteiger partial charge in [-0.05, 0) is 22.8 Å². The summed E-state index contributed by atoms with van der Waals surface area (Å²) in [6.45, 7) is 7.73. The van der Waals surface area contributed by atoms with Crippen LogP contribution < -0.4 is 5.32 Å². The van der Waals surface area contributed by atoms with E-state index < -0.39 is 11.4 Å². The van der Waals surface area contributed by atoms with Crippen LogP contribution in [-0.4, -0.2) is 17.0 Å². The van der Waals surface area contributed by atoms with E-state index in [0.29, 0.717) is 5.92 Å². The average molecular weight is 297 g/mol. The van der Waals surface area contributed by atoms with Crippen LogP contribution in [0.1, 0.15) is 51.5 Å². The normalized spacial score (nSPS) is 13.2. The van der Waals surface area contributed by atoms with Gasteiger partial charge < -0.3 is 10.4 Å². The van der Waals surface area contributed by atoms with Crippen LogP contribution >= 0.6 is 11.3 Å². The van der Waals surface area contributed by atoms with Gasteiger partial charge in [0.25, 0.3) is 0 Å². The van der Waals surface area contributed by atoms with E-state index in [1.165, 1.54) is 0 Å². The summed E-state index contributed by atoms with van der Waals surface area (Å²) < 4.78 is 0. The maximum atomic E-state index is 12.2. The smallest absolute Gasteiger partial charge is 0.303 e. The Morgan fingerprint density at radius 1 is 1.35 bits per heavy atom. The second-order valence-electron chi connectivity index (χ2n) is 6.22. The van der Waals surface area contributed by atoms with Crippen LogP contribution in [-0.2, 0) is 9.59 Å². The summed E-state index contributed by atoms with van der Waals surface area (Å²) in [7, 11) is 0. The first-order valence-corrected chi connectivity index (χ1v) is 7.64. The molecular weight excluding hydrogens is 274 g/mol. The lowest BCUT2D eigenvalue weighted by Crippen LogP contribution is -2.34. The molecule has 112 valence electrons. The highest BCUT2D eigenvalue weighted by atomic mass is 32.1. The second kappa shape index (κ2) is 6.88. The number of carboxylic acids is 1. The van der Waals surface area contributed by atoms with Gasteiger partial charge in [0.1, 0.15) is 0 Å². The SMILES string of the molecule is CC(C)[C@H](NC(=O)CC(C)(C)CC(=O)O)c1cccs1. The summed E-state index contributed by atoms with van der Waals surface area (Å²) in [5.41, 5.74) is -0.535. The Labute approximate surface area is 124 Å². The van der Waals surface area contributed by atoms with Crippen LogP contribution in [0.4, 0.5) is 0 Å². The quantitative estimate of drug-likeness (QED) is 0.810. The van der Waals surface area contributed by atoms with Crippen molar-refractivity contribution in [3.8, 4) is 0 Å². The summed E-state index contributed by atoms with van der Waals surface area (Å²) in [5, 5.41) is 13.9. The molecule has 2 N–H and O–H groups in total. The largest absolute Gasteiger partial charge is 0.481 e. The molecule has 1 amide bonds. The van der Waals surface area contributed by atoms with Crippen LogP contribution in [0.2, 0.25) is 0 Å². The highest BCUT2D eigenvalue weighted by Gasteiger charge is 2.27. The minimum Gasteiger partial charge on any atom is -0.481 e. The summed E-state index contributed by atoms with van der Waals surface area (Å²) >= 11 is 1.62. The highest BCUT2D eigenvalue weighted by molar-refractivity contribution is 7.10. The van der Waals surface area contributed by atoms with E-state index in [2.05, 4.69) is 19.2 Å². The number of amides is 1. The van der Waals surface area contributed by atoms with Gasteiger partial charge in [-0.3, -0.25) is 9.59 Å². The lowest BCUT2D eigenvalue weighted by Gasteiger charge is -2.25. The zero-order chi connectivity index (χ0) is 15.3. The van der Waals surface area contributed by atoms with E-state index in [4.69, 9.17) is 5.11 Å². The van der Waals surface area contributed by atoms with Crippen molar-refractivity contribution in [2.75, 3.05) is 0 Å². The van der Waals surface area contributed by atoms with Crippen LogP contribution in [0.5, 0.6) is 0 Å². The summed E-state index contributed by atoms with van der Waals surface area (Å²) in [4.78, 5) is 24.1. The van der Waals surface area contributed by atoms with Gasteiger partial charge in [-0.25, -0.2) is 0 Å². The molecule has 0 aliphatic rings. The molecule has 0 saturated heterocycles. The summed E-state index contributed by atoms with van der Waals surface area (Å²) in [5.74, 6) is -0.676. The van der Waals surface area contributed by atoms with Gasteiger partial charge in [-0.15, -0.1) is 11.3 Å². The van der Waals surface area contributed by atoms with Crippen LogP contribution in [0.3, 0.4) is 0 Å². The van der Waals surface area contributed by atoms with E-state index in [1.54, 1.807) is 25.2 Å². The number of carbonyl (C=O) groups is 2. The number of thiophene rings is 1. The van der Waals surface area contributed by atoms with Gasteiger partial charge in [0.05, 0.1) is 12.5 Å². The fourth-order valence-corrected chi connectivity index (χ4v) is 3.11. The van der Waals surface area contributed by atoms with E-state index in [0.717, 1.165) is 4.88 Å². The zero-order valence-electron chi connectivity index (χ0n) is 12.5. The number of nitrogens with one attached hydrogen (secondary N) is 1. The maximum Gasteiger partial charge on any atom is 0.303 e. The Bertz CT molecular complexity index is 452. The van der Waals surface area contributed by atoms with Crippen molar-refractivity contribution >= 4 is 23.2 Å². The Balaban J connectivity index is 2.66. The number of carbonyl (C=O) groups excluding carboxylic acids is 1. The number of hydrogen-bond acceptors (Lipinski definition) is 3. The minimum absolute atomic E-state index is 0.00817. The Hall–Kier alpha value is -1.36. The topological polar surface area (TPSA) is 66.4 Å². The molecule has 0 bridgehead atoms. The standard InChI is InChI=1S/C15H23NO3S/c1-10(2)14(11-6-5-7-20-11)16-12(17)8-15(3,4)9-13(18)19/h5-7,10,14H,8-9H2,1-4H3,(H,16,17)(H,18,19)/t14-/m0/s1. The monoisotopic (exact) mass is 297 g/mol. The first-order chi connectivity index (χ1) is 9.21. The predicted octanol–water partition coefficient (Wildman–Crippen LogP) is 3.45. The average Bonchev–Trinajstić information content (AvgIpc) is 2.75. The molecule has 0 aliphatic carbocycles. The third kappa shape index (κ3) is 5.33. The Kier molecular flexibility index (Phi) is 5.74. The van der Waals surface area contributed by atoms with Gasteiger partial charge in [-0.1, -0.05) is 33.8 Å². The molecule has 0 saturated carbocycles. The fraction of sp³-hybridized carbons (Fsp3) is 0.600. The van der Waals surface area contributed by atoms with Crippen molar-refractivity contribution in [1.82, 2.24) is 5.32 Å². The fourth-order valence-electron chi connectivity index (χ4n) is 2.17. The van der Waals surface area contributed by atoms with Gasteiger partial charge in [-0.2, -0.15) is 0 Å². The molecule has 0 spiro atoms. The zero-order valence-corrected chi connectivity index (χ0v) is 13.3. The number of carboxylic acid groups (broad SMARTS) is 1. The number of rotatable bonds is 7. The second-order valence-corrected chi connectivity index (χ2v) is 7.20. The van der Waals surface area contributed by atoms with Crippen molar-refractivity contribution in [3.63, 3.8) is 0 Å². The van der Waals surface area contributed by atoms with E-state index in [9.17, 15) is 9.59 Å². The molecule has 1 aromatic rings. The first-order valence-electron chi connectivity index (χ1n) is 6.76. The third-order valence-electron chi connectivity index (χ3n) is 3.10. The van der Waals surface area contributed by atoms with Crippen LogP contribution in [0.15, 0.2) is 17.5 Å². The Morgan fingerprint density at radius 2 is 2.00 bits per heavy atom. The molecule has 20 heavy (non-hydrogen) atoms. The predicted molar refractivity (Wildman–Crippen MR) is 80.7 cm³/mol. The number of aliphatic carboxylic acids is 1. The molecule has 0 aromatic carbocycles. The van der Waals surface area contributed by atoms with E-state index in [-0.39, 0.29) is 24.8 Å². The van der Waals surface area contributed by atoms with Gasteiger partial charge in [0, 0.05) is 11.3 Å².